The predicted molar refractivity (Wildman–Crippen MR) is 72.8 cm³/mol. The van der Waals surface area contributed by atoms with Crippen LogP contribution in [0, 0.1) is 5.92 Å². The maximum atomic E-state index is 13.1. The zero-order chi connectivity index (χ0) is 15.3. The van der Waals surface area contributed by atoms with E-state index < -0.39 is 23.2 Å². The third kappa shape index (κ3) is 5.13. The van der Waals surface area contributed by atoms with E-state index in [4.69, 9.17) is 4.74 Å². The van der Waals surface area contributed by atoms with Crippen molar-refractivity contribution in [1.29, 1.82) is 0 Å². The fourth-order valence-corrected chi connectivity index (χ4v) is 2.84. The first kappa shape index (κ1) is 17.0. The molecule has 0 aliphatic carbocycles. The number of hydrogen-bond acceptors (Lipinski definition) is 2. The van der Waals surface area contributed by atoms with Crippen molar-refractivity contribution in [2.24, 2.45) is 5.92 Å². The van der Waals surface area contributed by atoms with Crippen LogP contribution in [0.15, 0.2) is 24.3 Å². The number of rotatable bonds is 6. The third-order valence-corrected chi connectivity index (χ3v) is 3.98. The minimum absolute atomic E-state index is 0.00964. The summed E-state index contributed by atoms with van der Waals surface area (Å²) >= 11 is 0. The van der Waals surface area contributed by atoms with Crippen LogP contribution in [-0.4, -0.2) is 23.2 Å². The zero-order valence-electron chi connectivity index (χ0n) is 11.5. The summed E-state index contributed by atoms with van der Waals surface area (Å²) in [6, 6.07) is 3.57. The van der Waals surface area contributed by atoms with Crippen LogP contribution in [0.5, 0.6) is 5.75 Å². The van der Waals surface area contributed by atoms with Gasteiger partial charge in [0.15, 0.2) is 0 Å². The predicted octanol–water partition coefficient (Wildman–Crippen LogP) is 3.21. The van der Waals surface area contributed by atoms with Gasteiger partial charge in [-0.1, -0.05) is 26.0 Å². The van der Waals surface area contributed by atoms with E-state index >= 15 is 0 Å². The van der Waals surface area contributed by atoms with Gasteiger partial charge in [0.1, 0.15) is 11.8 Å². The summed E-state index contributed by atoms with van der Waals surface area (Å²) in [5, 5.41) is 0. The Labute approximate surface area is 119 Å². The lowest BCUT2D eigenvalue weighted by atomic mass is 10.1. The highest BCUT2D eigenvalue weighted by atomic mass is 32.2. The molecule has 0 aromatic heterocycles. The van der Waals surface area contributed by atoms with Crippen molar-refractivity contribution in [3.05, 3.63) is 29.8 Å². The second kappa shape index (κ2) is 7.08. The van der Waals surface area contributed by atoms with E-state index in [2.05, 4.69) is 4.72 Å². The van der Waals surface area contributed by atoms with Gasteiger partial charge in [-0.25, -0.2) is 8.93 Å². The van der Waals surface area contributed by atoms with Crippen LogP contribution in [0.3, 0.4) is 0 Å². The fourth-order valence-electron chi connectivity index (χ4n) is 1.60. The molecule has 1 aromatic rings. The minimum atomic E-state index is -4.51. The summed E-state index contributed by atoms with van der Waals surface area (Å²) in [5.74, 6) is 0.689. The first-order valence-corrected chi connectivity index (χ1v) is 7.41. The molecule has 0 fully saturated rings. The number of hydrogen-bond donors (Lipinski definition) is 1. The maximum Gasteiger partial charge on any atom is 0.408 e. The van der Waals surface area contributed by atoms with Gasteiger partial charge in [0.25, 0.3) is 0 Å². The molecular weight excluding hydrogens is 291 g/mol. The first-order chi connectivity index (χ1) is 9.24. The number of nitrogens with one attached hydrogen (secondary N) is 1. The van der Waals surface area contributed by atoms with E-state index in [1.807, 2.05) is 0 Å². The molecule has 0 saturated carbocycles. The van der Waals surface area contributed by atoms with E-state index in [-0.39, 0.29) is 17.2 Å². The molecule has 20 heavy (non-hydrogen) atoms. The molecular formula is C13H18F3NO2S. The molecule has 3 nitrogen and oxygen atoms in total. The first-order valence-electron chi connectivity index (χ1n) is 6.09. The molecule has 0 amide bonds. The highest BCUT2D eigenvalue weighted by Crippen LogP contribution is 2.33. The summed E-state index contributed by atoms with van der Waals surface area (Å²) in [6.07, 6.45) is -4.51. The molecule has 0 bridgehead atoms. The number of halogens is 3. The Morgan fingerprint density at radius 1 is 1.25 bits per heavy atom. The fraction of sp³-hybridized carbons (Fsp3) is 0.538. The van der Waals surface area contributed by atoms with Gasteiger partial charge < -0.3 is 4.74 Å². The lowest BCUT2D eigenvalue weighted by Gasteiger charge is -2.22. The minimum Gasteiger partial charge on any atom is -0.497 e. The molecule has 0 heterocycles. The third-order valence-electron chi connectivity index (χ3n) is 2.51. The lowest BCUT2D eigenvalue weighted by molar-refractivity contribution is -0.152. The summed E-state index contributed by atoms with van der Waals surface area (Å²) in [4.78, 5) is 0. The van der Waals surface area contributed by atoms with E-state index in [0.29, 0.717) is 5.75 Å². The molecule has 2 atom stereocenters. The van der Waals surface area contributed by atoms with Crippen LogP contribution in [0.25, 0.3) is 0 Å². The quantitative estimate of drug-likeness (QED) is 0.876. The van der Waals surface area contributed by atoms with Gasteiger partial charge in [-0.3, -0.25) is 0 Å². The number of benzene rings is 1. The van der Waals surface area contributed by atoms with Crippen molar-refractivity contribution in [3.8, 4) is 5.75 Å². The van der Waals surface area contributed by atoms with Gasteiger partial charge in [-0.05, 0) is 23.6 Å². The van der Waals surface area contributed by atoms with Gasteiger partial charge in [0, 0.05) is 5.75 Å². The van der Waals surface area contributed by atoms with Gasteiger partial charge in [0.05, 0.1) is 18.1 Å². The molecule has 114 valence electrons. The number of alkyl halides is 3. The highest BCUT2D eigenvalue weighted by Gasteiger charge is 2.41. The standard InChI is InChI=1S/C13H18F3NO2S/c1-9(2)8-20(18)17-12(13(14,15)16)10-4-6-11(19-3)7-5-10/h4-7,9,12,17H,8H2,1-3H3/t12-,20-/m0/s1. The molecule has 0 radical (unpaired) electrons. The molecule has 0 unspecified atom stereocenters. The van der Waals surface area contributed by atoms with Crippen LogP contribution in [0.2, 0.25) is 0 Å². The Balaban J connectivity index is 2.91. The van der Waals surface area contributed by atoms with Gasteiger partial charge in [0.2, 0.25) is 0 Å². The van der Waals surface area contributed by atoms with Gasteiger partial charge in [-0.2, -0.15) is 13.2 Å². The van der Waals surface area contributed by atoms with Crippen molar-refractivity contribution in [2.75, 3.05) is 12.9 Å². The monoisotopic (exact) mass is 309 g/mol. The van der Waals surface area contributed by atoms with Crippen LogP contribution in [0.4, 0.5) is 13.2 Å². The Kier molecular flexibility index (Phi) is 6.01. The van der Waals surface area contributed by atoms with Gasteiger partial charge >= 0.3 is 6.18 Å². The summed E-state index contributed by atoms with van der Waals surface area (Å²) < 4.78 is 57.9. The topological polar surface area (TPSA) is 38.3 Å². The van der Waals surface area contributed by atoms with Crippen molar-refractivity contribution < 1.29 is 22.1 Å². The number of methoxy groups -OCH3 is 1. The molecule has 0 aliphatic rings. The van der Waals surface area contributed by atoms with E-state index in [1.165, 1.54) is 31.4 Å². The second-order valence-electron chi connectivity index (χ2n) is 4.77. The average Bonchev–Trinajstić information content (AvgIpc) is 2.34. The van der Waals surface area contributed by atoms with Crippen LogP contribution in [0.1, 0.15) is 25.5 Å². The average molecular weight is 309 g/mol. The Morgan fingerprint density at radius 2 is 1.80 bits per heavy atom. The second-order valence-corrected chi connectivity index (χ2v) is 6.03. The van der Waals surface area contributed by atoms with Gasteiger partial charge in [-0.15, -0.1) is 0 Å². The molecule has 1 rings (SSSR count). The maximum absolute atomic E-state index is 13.1. The van der Waals surface area contributed by atoms with Crippen LogP contribution < -0.4 is 9.46 Å². The van der Waals surface area contributed by atoms with Crippen molar-refractivity contribution >= 4 is 11.0 Å². The summed E-state index contributed by atoms with van der Waals surface area (Å²) in [7, 11) is -0.299. The lowest BCUT2D eigenvalue weighted by Crippen LogP contribution is -2.36. The SMILES string of the molecule is COc1ccc([C@H](N[S@@](=O)CC(C)C)C(F)(F)F)cc1. The molecule has 7 heteroatoms. The largest absolute Gasteiger partial charge is 0.497 e. The highest BCUT2D eigenvalue weighted by molar-refractivity contribution is 7.83. The van der Waals surface area contributed by atoms with E-state index in [9.17, 15) is 17.4 Å². The van der Waals surface area contributed by atoms with Crippen molar-refractivity contribution in [3.63, 3.8) is 0 Å². The molecule has 1 aromatic carbocycles. The molecule has 0 spiro atoms. The van der Waals surface area contributed by atoms with Crippen molar-refractivity contribution in [2.45, 2.75) is 26.1 Å². The molecule has 0 aliphatic heterocycles. The zero-order valence-corrected chi connectivity index (χ0v) is 12.3. The van der Waals surface area contributed by atoms with Crippen LogP contribution >= 0.6 is 0 Å². The summed E-state index contributed by atoms with van der Waals surface area (Å²) in [6.45, 7) is 3.60. The smallest absolute Gasteiger partial charge is 0.408 e. The Morgan fingerprint density at radius 3 is 2.20 bits per heavy atom. The normalized spacial score (nSPS) is 15.2. The summed E-state index contributed by atoms with van der Waals surface area (Å²) in [5.41, 5.74) is 0.00964. The molecule has 1 N–H and O–H groups in total. The molecule has 0 saturated heterocycles. The Hall–Kier alpha value is -1.08. The number of ether oxygens (including phenoxy) is 1. The van der Waals surface area contributed by atoms with Crippen LogP contribution in [-0.2, 0) is 11.0 Å². The van der Waals surface area contributed by atoms with Crippen molar-refractivity contribution in [1.82, 2.24) is 4.72 Å². The van der Waals surface area contributed by atoms with E-state index in [1.54, 1.807) is 13.8 Å². The Bertz CT molecular complexity index is 446. The van der Waals surface area contributed by atoms with E-state index in [0.717, 1.165) is 0 Å².